The first-order chi connectivity index (χ1) is 11.4. The van der Waals surface area contributed by atoms with Crippen molar-refractivity contribution in [2.75, 3.05) is 45.7 Å². The van der Waals surface area contributed by atoms with Crippen LogP contribution in [0.15, 0.2) is 18.2 Å². The number of nitrogens with one attached hydrogen (secondary N) is 1. The SMILES string of the molecule is CS(=O)(=O)N1CCO[C@H](CNC(=O)c2ccc3c(c2)OCCO3)C1. The fraction of sp³-hybridized carbons (Fsp3) is 0.533. The molecule has 1 aromatic rings. The van der Waals surface area contributed by atoms with Gasteiger partial charge in [-0.2, -0.15) is 4.31 Å². The molecule has 3 rings (SSSR count). The molecule has 1 aromatic carbocycles. The molecule has 132 valence electrons. The van der Waals surface area contributed by atoms with Gasteiger partial charge in [-0.25, -0.2) is 8.42 Å². The lowest BCUT2D eigenvalue weighted by Crippen LogP contribution is -2.49. The Balaban J connectivity index is 1.57. The zero-order chi connectivity index (χ0) is 17.2. The second-order valence-corrected chi connectivity index (χ2v) is 7.66. The van der Waals surface area contributed by atoms with Crippen LogP contribution in [-0.2, 0) is 14.8 Å². The zero-order valence-corrected chi connectivity index (χ0v) is 14.2. The highest BCUT2D eigenvalue weighted by Gasteiger charge is 2.27. The molecule has 0 radical (unpaired) electrons. The van der Waals surface area contributed by atoms with Crippen LogP contribution in [-0.4, -0.2) is 70.4 Å². The first kappa shape index (κ1) is 17.0. The Morgan fingerprint density at radius 2 is 2.00 bits per heavy atom. The van der Waals surface area contributed by atoms with E-state index in [1.165, 1.54) is 10.6 Å². The van der Waals surface area contributed by atoms with Gasteiger partial charge in [-0.3, -0.25) is 4.79 Å². The monoisotopic (exact) mass is 356 g/mol. The molecule has 1 fully saturated rings. The maximum atomic E-state index is 12.3. The van der Waals surface area contributed by atoms with E-state index in [0.717, 1.165) is 0 Å². The van der Waals surface area contributed by atoms with Crippen LogP contribution >= 0.6 is 0 Å². The Labute approximate surface area is 140 Å². The summed E-state index contributed by atoms with van der Waals surface area (Å²) in [7, 11) is -3.25. The number of ether oxygens (including phenoxy) is 3. The van der Waals surface area contributed by atoms with E-state index in [-0.39, 0.29) is 25.1 Å². The van der Waals surface area contributed by atoms with E-state index >= 15 is 0 Å². The Kier molecular flexibility index (Phi) is 4.93. The summed E-state index contributed by atoms with van der Waals surface area (Å²) in [5.41, 5.74) is 0.454. The predicted molar refractivity (Wildman–Crippen MR) is 85.9 cm³/mol. The first-order valence-corrected chi connectivity index (χ1v) is 9.53. The minimum atomic E-state index is -3.25. The predicted octanol–water partition coefficient (Wildman–Crippen LogP) is -0.152. The lowest BCUT2D eigenvalue weighted by molar-refractivity contribution is 0.000436. The molecule has 1 atom stereocenters. The lowest BCUT2D eigenvalue weighted by Gasteiger charge is -2.31. The van der Waals surface area contributed by atoms with Crippen LogP contribution < -0.4 is 14.8 Å². The van der Waals surface area contributed by atoms with E-state index in [9.17, 15) is 13.2 Å². The van der Waals surface area contributed by atoms with Crippen molar-refractivity contribution in [1.82, 2.24) is 9.62 Å². The van der Waals surface area contributed by atoms with Crippen molar-refractivity contribution < 1.29 is 27.4 Å². The van der Waals surface area contributed by atoms with Crippen LogP contribution in [0.5, 0.6) is 11.5 Å². The molecule has 2 aliphatic rings. The maximum absolute atomic E-state index is 12.3. The zero-order valence-electron chi connectivity index (χ0n) is 13.4. The largest absolute Gasteiger partial charge is 0.486 e. The summed E-state index contributed by atoms with van der Waals surface area (Å²) < 4.78 is 40.9. The average Bonchev–Trinajstić information content (AvgIpc) is 2.59. The van der Waals surface area contributed by atoms with Gasteiger partial charge in [0.15, 0.2) is 11.5 Å². The van der Waals surface area contributed by atoms with Gasteiger partial charge in [-0.1, -0.05) is 0 Å². The summed E-state index contributed by atoms with van der Waals surface area (Å²) >= 11 is 0. The van der Waals surface area contributed by atoms with Crippen molar-refractivity contribution in [3.8, 4) is 11.5 Å². The van der Waals surface area contributed by atoms with E-state index in [0.29, 0.717) is 43.4 Å². The number of hydrogen-bond donors (Lipinski definition) is 1. The second-order valence-electron chi connectivity index (χ2n) is 5.68. The number of sulfonamides is 1. The number of benzene rings is 1. The van der Waals surface area contributed by atoms with Gasteiger partial charge in [-0.05, 0) is 18.2 Å². The number of nitrogens with zero attached hydrogens (tertiary/aromatic N) is 1. The summed E-state index contributed by atoms with van der Waals surface area (Å²) in [4.78, 5) is 12.3. The Hall–Kier alpha value is -1.84. The molecule has 9 heteroatoms. The van der Waals surface area contributed by atoms with Gasteiger partial charge in [0.1, 0.15) is 13.2 Å². The van der Waals surface area contributed by atoms with Gasteiger partial charge in [0, 0.05) is 25.2 Å². The summed E-state index contributed by atoms with van der Waals surface area (Å²) in [5.74, 6) is 0.898. The summed E-state index contributed by atoms with van der Waals surface area (Å²) in [5, 5.41) is 2.77. The van der Waals surface area contributed by atoms with Gasteiger partial charge in [0.05, 0.1) is 19.0 Å². The summed E-state index contributed by atoms with van der Waals surface area (Å²) in [6.07, 6.45) is 0.804. The third kappa shape index (κ3) is 3.97. The van der Waals surface area contributed by atoms with Gasteiger partial charge >= 0.3 is 0 Å². The molecule has 0 aromatic heterocycles. The molecule has 0 spiro atoms. The minimum Gasteiger partial charge on any atom is -0.486 e. The van der Waals surface area contributed by atoms with Gasteiger partial charge in [0.25, 0.3) is 5.91 Å². The lowest BCUT2D eigenvalue weighted by atomic mass is 10.1. The topological polar surface area (TPSA) is 94.2 Å². The van der Waals surface area contributed by atoms with Crippen LogP contribution in [0, 0.1) is 0 Å². The fourth-order valence-electron chi connectivity index (χ4n) is 2.61. The van der Waals surface area contributed by atoms with Crippen molar-refractivity contribution in [3.05, 3.63) is 23.8 Å². The Morgan fingerprint density at radius 1 is 1.25 bits per heavy atom. The molecule has 0 saturated carbocycles. The third-order valence-corrected chi connectivity index (χ3v) is 5.13. The number of hydrogen-bond acceptors (Lipinski definition) is 6. The molecule has 1 amide bonds. The number of carbonyl (C=O) groups is 1. The van der Waals surface area contributed by atoms with Crippen molar-refractivity contribution in [3.63, 3.8) is 0 Å². The molecule has 0 bridgehead atoms. The van der Waals surface area contributed by atoms with Crippen LogP contribution in [0.25, 0.3) is 0 Å². The van der Waals surface area contributed by atoms with E-state index in [1.807, 2.05) is 0 Å². The van der Waals surface area contributed by atoms with Crippen LogP contribution in [0.2, 0.25) is 0 Å². The highest BCUT2D eigenvalue weighted by Crippen LogP contribution is 2.30. The summed E-state index contributed by atoms with van der Waals surface area (Å²) in [6, 6.07) is 4.99. The van der Waals surface area contributed by atoms with E-state index in [4.69, 9.17) is 14.2 Å². The van der Waals surface area contributed by atoms with Crippen molar-refractivity contribution in [2.45, 2.75) is 6.10 Å². The van der Waals surface area contributed by atoms with Crippen LogP contribution in [0.3, 0.4) is 0 Å². The number of morpholine rings is 1. The molecular weight excluding hydrogens is 336 g/mol. The average molecular weight is 356 g/mol. The first-order valence-electron chi connectivity index (χ1n) is 7.68. The molecule has 2 heterocycles. The van der Waals surface area contributed by atoms with Gasteiger partial charge in [-0.15, -0.1) is 0 Å². The Morgan fingerprint density at radius 3 is 2.75 bits per heavy atom. The normalized spacial score (nSPS) is 21.3. The molecular formula is C15H20N2O6S. The summed E-state index contributed by atoms with van der Waals surface area (Å²) in [6.45, 7) is 2.08. The highest BCUT2D eigenvalue weighted by molar-refractivity contribution is 7.88. The molecule has 1 N–H and O–H groups in total. The molecule has 0 unspecified atom stereocenters. The van der Waals surface area contributed by atoms with E-state index in [1.54, 1.807) is 18.2 Å². The molecule has 24 heavy (non-hydrogen) atoms. The molecule has 0 aliphatic carbocycles. The Bertz CT molecular complexity index is 721. The molecule has 8 nitrogen and oxygen atoms in total. The number of amides is 1. The quantitative estimate of drug-likeness (QED) is 0.806. The van der Waals surface area contributed by atoms with Crippen molar-refractivity contribution >= 4 is 15.9 Å². The third-order valence-electron chi connectivity index (χ3n) is 3.87. The smallest absolute Gasteiger partial charge is 0.251 e. The van der Waals surface area contributed by atoms with Gasteiger partial charge in [0.2, 0.25) is 10.0 Å². The number of carbonyl (C=O) groups excluding carboxylic acids is 1. The van der Waals surface area contributed by atoms with Crippen LogP contribution in [0.1, 0.15) is 10.4 Å². The van der Waals surface area contributed by atoms with E-state index in [2.05, 4.69) is 5.32 Å². The minimum absolute atomic E-state index is 0.235. The number of rotatable bonds is 4. The van der Waals surface area contributed by atoms with E-state index < -0.39 is 10.0 Å². The maximum Gasteiger partial charge on any atom is 0.251 e. The van der Waals surface area contributed by atoms with Crippen molar-refractivity contribution in [1.29, 1.82) is 0 Å². The second kappa shape index (κ2) is 6.96. The van der Waals surface area contributed by atoms with Gasteiger partial charge < -0.3 is 19.5 Å². The standard InChI is InChI=1S/C15H20N2O6S/c1-24(19,20)17-4-5-21-12(10-17)9-16-15(18)11-2-3-13-14(8-11)23-7-6-22-13/h2-3,8,12H,4-7,9-10H2,1H3,(H,16,18)/t12-/m1/s1. The van der Waals surface area contributed by atoms with Crippen molar-refractivity contribution in [2.24, 2.45) is 0 Å². The highest BCUT2D eigenvalue weighted by atomic mass is 32.2. The fourth-order valence-corrected chi connectivity index (χ4v) is 3.45. The molecule has 1 saturated heterocycles. The molecule has 2 aliphatic heterocycles. The number of fused-ring (bicyclic) bond motifs is 1. The van der Waals surface area contributed by atoms with Crippen LogP contribution in [0.4, 0.5) is 0 Å².